The zero-order chi connectivity index (χ0) is 12.3. The highest BCUT2D eigenvalue weighted by Crippen LogP contribution is 2.24. The van der Waals surface area contributed by atoms with Crippen LogP contribution in [0.2, 0.25) is 10.0 Å². The molecule has 0 saturated carbocycles. The third-order valence-corrected chi connectivity index (χ3v) is 3.12. The van der Waals surface area contributed by atoms with Gasteiger partial charge in [0.1, 0.15) is 0 Å². The van der Waals surface area contributed by atoms with Crippen LogP contribution < -0.4 is 0 Å². The molecule has 0 saturated heterocycles. The number of benzene rings is 1. The topological polar surface area (TPSA) is 26.3 Å². The standard InChI is InChI=1S/C12H14Cl2O2/c1-12(2,16-3)7-11(15)8-4-5-9(13)10(14)6-8/h4-6H,7H2,1-3H3. The number of carbonyl (C=O) groups excluding carboxylic acids is 1. The Hall–Kier alpha value is -0.570. The minimum Gasteiger partial charge on any atom is -0.378 e. The lowest BCUT2D eigenvalue weighted by atomic mass is 9.97. The van der Waals surface area contributed by atoms with Gasteiger partial charge in [0.05, 0.1) is 15.6 Å². The van der Waals surface area contributed by atoms with Crippen LogP contribution in [0.5, 0.6) is 0 Å². The molecule has 0 fully saturated rings. The number of ketones is 1. The molecule has 0 radical (unpaired) electrons. The van der Waals surface area contributed by atoms with Gasteiger partial charge in [0.2, 0.25) is 0 Å². The summed E-state index contributed by atoms with van der Waals surface area (Å²) < 4.78 is 5.20. The lowest BCUT2D eigenvalue weighted by Gasteiger charge is -2.21. The fraction of sp³-hybridized carbons (Fsp3) is 0.417. The van der Waals surface area contributed by atoms with E-state index in [1.807, 2.05) is 13.8 Å². The summed E-state index contributed by atoms with van der Waals surface area (Å²) in [7, 11) is 1.59. The van der Waals surface area contributed by atoms with Crippen LogP contribution in [0, 0.1) is 0 Å². The first-order valence-electron chi connectivity index (χ1n) is 4.89. The van der Waals surface area contributed by atoms with E-state index < -0.39 is 5.60 Å². The number of carbonyl (C=O) groups is 1. The van der Waals surface area contributed by atoms with E-state index in [1.165, 1.54) is 0 Å². The van der Waals surface area contributed by atoms with Crippen LogP contribution in [0.3, 0.4) is 0 Å². The lowest BCUT2D eigenvalue weighted by Crippen LogP contribution is -2.26. The SMILES string of the molecule is COC(C)(C)CC(=O)c1ccc(Cl)c(Cl)c1. The van der Waals surface area contributed by atoms with Crippen molar-refractivity contribution >= 4 is 29.0 Å². The van der Waals surface area contributed by atoms with Crippen molar-refractivity contribution in [3.05, 3.63) is 33.8 Å². The van der Waals surface area contributed by atoms with Gasteiger partial charge in [-0.05, 0) is 32.0 Å². The molecule has 0 unspecified atom stereocenters. The second kappa shape index (κ2) is 5.17. The number of ether oxygens (including phenoxy) is 1. The molecule has 1 rings (SSSR count). The molecule has 0 atom stereocenters. The smallest absolute Gasteiger partial charge is 0.165 e. The summed E-state index contributed by atoms with van der Waals surface area (Å²) in [6.07, 6.45) is 0.307. The summed E-state index contributed by atoms with van der Waals surface area (Å²) in [6.45, 7) is 3.73. The first kappa shape index (κ1) is 13.5. The summed E-state index contributed by atoms with van der Waals surface area (Å²) in [6, 6.07) is 4.87. The molecule has 0 spiro atoms. The molecule has 0 aliphatic heterocycles. The Labute approximate surface area is 106 Å². The van der Waals surface area contributed by atoms with Gasteiger partial charge in [-0.1, -0.05) is 23.2 Å². The Bertz CT molecular complexity index is 400. The Balaban J connectivity index is 2.85. The number of rotatable bonds is 4. The quantitative estimate of drug-likeness (QED) is 0.766. The molecule has 1 aromatic carbocycles. The number of methoxy groups -OCH3 is 1. The first-order valence-corrected chi connectivity index (χ1v) is 5.65. The number of hydrogen-bond donors (Lipinski definition) is 0. The van der Waals surface area contributed by atoms with Crippen LogP contribution in [0.4, 0.5) is 0 Å². The number of Topliss-reactive ketones (excluding diaryl/α,β-unsaturated/α-hetero) is 1. The zero-order valence-corrected chi connectivity index (χ0v) is 11.0. The monoisotopic (exact) mass is 260 g/mol. The molecule has 2 nitrogen and oxygen atoms in total. The van der Waals surface area contributed by atoms with Crippen LogP contribution in [-0.4, -0.2) is 18.5 Å². The van der Waals surface area contributed by atoms with Gasteiger partial charge >= 0.3 is 0 Å². The van der Waals surface area contributed by atoms with Crippen molar-refractivity contribution in [2.75, 3.05) is 7.11 Å². The maximum atomic E-state index is 11.9. The fourth-order valence-electron chi connectivity index (χ4n) is 1.23. The predicted molar refractivity (Wildman–Crippen MR) is 66.5 cm³/mol. The summed E-state index contributed by atoms with van der Waals surface area (Å²) in [5, 5.41) is 0.840. The normalized spacial score (nSPS) is 11.6. The van der Waals surface area contributed by atoms with E-state index in [1.54, 1.807) is 25.3 Å². The summed E-state index contributed by atoms with van der Waals surface area (Å²) in [5.41, 5.74) is 0.0861. The van der Waals surface area contributed by atoms with E-state index in [9.17, 15) is 4.79 Å². The van der Waals surface area contributed by atoms with Gasteiger partial charge < -0.3 is 4.74 Å². The molecule has 0 heterocycles. The van der Waals surface area contributed by atoms with E-state index in [-0.39, 0.29) is 5.78 Å². The molecule has 0 aliphatic rings. The van der Waals surface area contributed by atoms with Crippen molar-refractivity contribution in [3.63, 3.8) is 0 Å². The third-order valence-electron chi connectivity index (χ3n) is 2.38. The van der Waals surface area contributed by atoms with Gasteiger partial charge in [-0.25, -0.2) is 0 Å². The van der Waals surface area contributed by atoms with Gasteiger partial charge in [0.25, 0.3) is 0 Å². The Morgan fingerprint density at radius 2 is 1.94 bits per heavy atom. The van der Waals surface area contributed by atoms with E-state index in [2.05, 4.69) is 0 Å². The largest absolute Gasteiger partial charge is 0.378 e. The highest BCUT2D eigenvalue weighted by Gasteiger charge is 2.22. The van der Waals surface area contributed by atoms with E-state index in [4.69, 9.17) is 27.9 Å². The Kier molecular flexibility index (Phi) is 4.36. The van der Waals surface area contributed by atoms with Gasteiger partial charge in [-0.15, -0.1) is 0 Å². The zero-order valence-electron chi connectivity index (χ0n) is 9.51. The average molecular weight is 261 g/mol. The van der Waals surface area contributed by atoms with Crippen molar-refractivity contribution in [1.82, 2.24) is 0 Å². The molecule has 1 aromatic rings. The molecule has 4 heteroatoms. The maximum Gasteiger partial charge on any atom is 0.165 e. The van der Waals surface area contributed by atoms with E-state index >= 15 is 0 Å². The number of halogens is 2. The van der Waals surface area contributed by atoms with Gasteiger partial charge in [0, 0.05) is 19.1 Å². The Morgan fingerprint density at radius 3 is 2.44 bits per heavy atom. The minimum atomic E-state index is -0.469. The molecule has 16 heavy (non-hydrogen) atoms. The van der Waals surface area contributed by atoms with Crippen LogP contribution in [0.15, 0.2) is 18.2 Å². The van der Waals surface area contributed by atoms with Crippen LogP contribution in [-0.2, 0) is 4.74 Å². The average Bonchev–Trinajstić information content (AvgIpc) is 2.21. The van der Waals surface area contributed by atoms with Crippen LogP contribution in [0.1, 0.15) is 30.6 Å². The molecule has 0 aliphatic carbocycles. The van der Waals surface area contributed by atoms with Crippen molar-refractivity contribution in [2.24, 2.45) is 0 Å². The van der Waals surface area contributed by atoms with Gasteiger partial charge in [0.15, 0.2) is 5.78 Å². The van der Waals surface area contributed by atoms with Crippen LogP contribution in [0.25, 0.3) is 0 Å². The molecule has 0 amide bonds. The second-order valence-electron chi connectivity index (χ2n) is 4.19. The highest BCUT2D eigenvalue weighted by atomic mass is 35.5. The lowest BCUT2D eigenvalue weighted by molar-refractivity contribution is 0.0172. The molecule has 88 valence electrons. The summed E-state index contributed by atoms with van der Waals surface area (Å²) >= 11 is 11.6. The molecular formula is C12H14Cl2O2. The third kappa shape index (κ3) is 3.48. The first-order chi connectivity index (χ1) is 7.35. The molecular weight excluding hydrogens is 247 g/mol. The summed E-state index contributed by atoms with van der Waals surface area (Å²) in [4.78, 5) is 11.9. The molecule has 0 aromatic heterocycles. The second-order valence-corrected chi connectivity index (χ2v) is 5.01. The molecule has 0 N–H and O–H groups in total. The minimum absolute atomic E-state index is 0.00887. The van der Waals surface area contributed by atoms with E-state index in [0.717, 1.165) is 0 Å². The highest BCUT2D eigenvalue weighted by molar-refractivity contribution is 6.42. The van der Waals surface area contributed by atoms with Gasteiger partial charge in [-0.2, -0.15) is 0 Å². The van der Waals surface area contributed by atoms with Crippen molar-refractivity contribution in [3.8, 4) is 0 Å². The van der Waals surface area contributed by atoms with E-state index in [0.29, 0.717) is 22.0 Å². The predicted octanol–water partition coefficient (Wildman–Crippen LogP) is 3.99. The fourth-order valence-corrected chi connectivity index (χ4v) is 1.53. The van der Waals surface area contributed by atoms with Crippen molar-refractivity contribution in [1.29, 1.82) is 0 Å². The van der Waals surface area contributed by atoms with Crippen LogP contribution >= 0.6 is 23.2 Å². The van der Waals surface area contributed by atoms with Crippen molar-refractivity contribution in [2.45, 2.75) is 25.9 Å². The summed E-state index contributed by atoms with van der Waals surface area (Å²) in [5.74, 6) is -0.00887. The number of hydrogen-bond acceptors (Lipinski definition) is 2. The maximum absolute atomic E-state index is 11.9. The van der Waals surface area contributed by atoms with Crippen molar-refractivity contribution < 1.29 is 9.53 Å². The van der Waals surface area contributed by atoms with Gasteiger partial charge in [-0.3, -0.25) is 4.79 Å². The molecule has 0 bridgehead atoms. The Morgan fingerprint density at radius 1 is 1.31 bits per heavy atom.